The van der Waals surface area contributed by atoms with E-state index in [1.165, 1.54) is 0 Å². The Morgan fingerprint density at radius 2 is 1.89 bits per heavy atom. The fourth-order valence-electron chi connectivity index (χ4n) is 2.23. The summed E-state index contributed by atoms with van der Waals surface area (Å²) in [6.45, 7) is 1.79. The van der Waals surface area contributed by atoms with Gasteiger partial charge in [0.2, 0.25) is 0 Å². The summed E-state index contributed by atoms with van der Waals surface area (Å²) in [5, 5.41) is 0.166. The standard InChI is InChI=1S/C13H13ClN4O/c14-10-12(18-7-1-2-8-18)16-11(17-13(10)19)9-3-5-15-6-4-9/h3-6H,1-2,7-8H2,(H,16,17,19). The summed E-state index contributed by atoms with van der Waals surface area (Å²) in [5.74, 6) is 1.11. The monoisotopic (exact) mass is 276 g/mol. The van der Waals surface area contributed by atoms with Crippen LogP contribution in [0.5, 0.6) is 0 Å². The molecular formula is C13H13ClN4O. The van der Waals surface area contributed by atoms with Crippen molar-refractivity contribution < 1.29 is 0 Å². The molecule has 1 saturated heterocycles. The van der Waals surface area contributed by atoms with Crippen LogP contribution in [-0.4, -0.2) is 28.0 Å². The Kier molecular flexibility index (Phi) is 3.21. The van der Waals surface area contributed by atoms with E-state index >= 15 is 0 Å². The predicted molar refractivity (Wildman–Crippen MR) is 74.5 cm³/mol. The van der Waals surface area contributed by atoms with E-state index in [1.807, 2.05) is 0 Å². The van der Waals surface area contributed by atoms with E-state index in [-0.39, 0.29) is 10.6 Å². The highest BCUT2D eigenvalue weighted by Gasteiger charge is 2.19. The summed E-state index contributed by atoms with van der Waals surface area (Å²) >= 11 is 6.07. The van der Waals surface area contributed by atoms with Crippen LogP contribution in [0.3, 0.4) is 0 Å². The molecular weight excluding hydrogens is 264 g/mol. The fourth-order valence-corrected chi connectivity index (χ4v) is 2.44. The molecule has 0 aliphatic carbocycles. The van der Waals surface area contributed by atoms with Crippen LogP contribution in [0.4, 0.5) is 5.82 Å². The second-order valence-electron chi connectivity index (χ2n) is 4.48. The molecule has 0 radical (unpaired) electrons. The van der Waals surface area contributed by atoms with E-state index in [2.05, 4.69) is 19.9 Å². The molecule has 0 spiro atoms. The van der Waals surface area contributed by atoms with Crippen molar-refractivity contribution in [3.8, 4) is 11.4 Å². The molecule has 0 aromatic carbocycles. The summed E-state index contributed by atoms with van der Waals surface area (Å²) in [5.41, 5.74) is 0.523. The summed E-state index contributed by atoms with van der Waals surface area (Å²) < 4.78 is 0. The number of halogens is 1. The molecule has 0 amide bonds. The fraction of sp³-hybridized carbons (Fsp3) is 0.308. The zero-order valence-electron chi connectivity index (χ0n) is 10.3. The first-order valence-electron chi connectivity index (χ1n) is 6.21. The van der Waals surface area contributed by atoms with Crippen molar-refractivity contribution in [2.45, 2.75) is 12.8 Å². The zero-order chi connectivity index (χ0) is 13.2. The maximum Gasteiger partial charge on any atom is 0.272 e. The molecule has 2 aromatic rings. The highest BCUT2D eigenvalue weighted by molar-refractivity contribution is 6.32. The van der Waals surface area contributed by atoms with Crippen molar-refractivity contribution in [1.82, 2.24) is 15.0 Å². The average molecular weight is 277 g/mol. The van der Waals surface area contributed by atoms with Crippen molar-refractivity contribution in [3.05, 3.63) is 39.9 Å². The number of nitrogens with zero attached hydrogens (tertiary/aromatic N) is 3. The molecule has 98 valence electrons. The Hall–Kier alpha value is -1.88. The second kappa shape index (κ2) is 5.01. The van der Waals surface area contributed by atoms with Crippen molar-refractivity contribution >= 4 is 17.4 Å². The van der Waals surface area contributed by atoms with Crippen LogP contribution in [0.1, 0.15) is 12.8 Å². The van der Waals surface area contributed by atoms with E-state index in [4.69, 9.17) is 11.6 Å². The first-order chi connectivity index (χ1) is 9.25. The number of nitrogens with one attached hydrogen (secondary N) is 1. The lowest BCUT2D eigenvalue weighted by Gasteiger charge is -2.17. The van der Waals surface area contributed by atoms with Gasteiger partial charge in [0.05, 0.1) is 0 Å². The average Bonchev–Trinajstić information content (AvgIpc) is 2.96. The lowest BCUT2D eigenvalue weighted by molar-refractivity contribution is 0.924. The van der Waals surface area contributed by atoms with Crippen molar-refractivity contribution in [2.75, 3.05) is 18.0 Å². The molecule has 0 saturated carbocycles. The largest absolute Gasteiger partial charge is 0.355 e. The molecule has 0 bridgehead atoms. The van der Waals surface area contributed by atoms with Crippen molar-refractivity contribution in [3.63, 3.8) is 0 Å². The normalized spacial score (nSPS) is 14.9. The quantitative estimate of drug-likeness (QED) is 0.912. The van der Waals surface area contributed by atoms with Gasteiger partial charge in [0, 0.05) is 31.0 Å². The SMILES string of the molecule is O=c1[nH]c(-c2ccncc2)nc(N2CCCC2)c1Cl. The first-order valence-corrected chi connectivity index (χ1v) is 6.58. The summed E-state index contributed by atoms with van der Waals surface area (Å²) in [6.07, 6.45) is 5.55. The van der Waals surface area contributed by atoms with Gasteiger partial charge in [0.1, 0.15) is 10.8 Å². The van der Waals surface area contributed by atoms with Crippen molar-refractivity contribution in [2.24, 2.45) is 0 Å². The van der Waals surface area contributed by atoms with Gasteiger partial charge in [-0.25, -0.2) is 4.98 Å². The molecule has 1 aliphatic rings. The van der Waals surface area contributed by atoms with Gasteiger partial charge in [-0.1, -0.05) is 11.6 Å². The van der Waals surface area contributed by atoms with Gasteiger partial charge in [0.25, 0.3) is 5.56 Å². The lowest BCUT2D eigenvalue weighted by Crippen LogP contribution is -2.23. The third kappa shape index (κ3) is 2.33. The smallest absolute Gasteiger partial charge is 0.272 e. The minimum Gasteiger partial charge on any atom is -0.355 e. The van der Waals surface area contributed by atoms with Gasteiger partial charge < -0.3 is 9.88 Å². The molecule has 6 heteroatoms. The maximum absolute atomic E-state index is 11.9. The van der Waals surface area contributed by atoms with Gasteiger partial charge in [-0.3, -0.25) is 9.78 Å². The number of rotatable bonds is 2. The minimum absolute atomic E-state index is 0.166. The highest BCUT2D eigenvalue weighted by Crippen LogP contribution is 2.25. The number of anilines is 1. The number of aromatic nitrogens is 3. The predicted octanol–water partition coefficient (Wildman–Crippen LogP) is 2.09. The number of pyridine rings is 1. The Morgan fingerprint density at radius 1 is 1.21 bits per heavy atom. The van der Waals surface area contributed by atoms with Crippen LogP contribution in [-0.2, 0) is 0 Å². The number of hydrogen-bond acceptors (Lipinski definition) is 4. The lowest BCUT2D eigenvalue weighted by atomic mass is 10.2. The van der Waals surface area contributed by atoms with Crippen LogP contribution >= 0.6 is 11.6 Å². The topological polar surface area (TPSA) is 61.9 Å². The van der Waals surface area contributed by atoms with Crippen LogP contribution in [0.15, 0.2) is 29.3 Å². The Balaban J connectivity index is 2.10. The van der Waals surface area contributed by atoms with Crippen LogP contribution < -0.4 is 10.5 Å². The van der Waals surface area contributed by atoms with Gasteiger partial charge in [-0.2, -0.15) is 0 Å². The molecule has 1 N–H and O–H groups in total. The third-order valence-electron chi connectivity index (χ3n) is 3.20. The molecule has 3 rings (SSSR count). The maximum atomic E-state index is 11.9. The molecule has 1 fully saturated rings. The van der Waals surface area contributed by atoms with E-state index in [0.717, 1.165) is 31.5 Å². The number of aromatic amines is 1. The molecule has 3 heterocycles. The van der Waals surface area contributed by atoms with E-state index < -0.39 is 0 Å². The summed E-state index contributed by atoms with van der Waals surface area (Å²) in [7, 11) is 0. The van der Waals surface area contributed by atoms with E-state index in [0.29, 0.717) is 11.6 Å². The Labute approximate surface area is 115 Å². The van der Waals surface area contributed by atoms with Gasteiger partial charge in [-0.05, 0) is 25.0 Å². The van der Waals surface area contributed by atoms with Crippen LogP contribution in [0.25, 0.3) is 11.4 Å². The minimum atomic E-state index is -0.301. The second-order valence-corrected chi connectivity index (χ2v) is 4.86. The van der Waals surface area contributed by atoms with Gasteiger partial charge >= 0.3 is 0 Å². The molecule has 19 heavy (non-hydrogen) atoms. The first kappa shape index (κ1) is 12.2. The summed E-state index contributed by atoms with van der Waals surface area (Å²) in [4.78, 5) is 25.1. The molecule has 0 unspecified atom stereocenters. The van der Waals surface area contributed by atoms with Gasteiger partial charge in [0.15, 0.2) is 5.82 Å². The van der Waals surface area contributed by atoms with E-state index in [1.54, 1.807) is 24.5 Å². The van der Waals surface area contributed by atoms with Gasteiger partial charge in [-0.15, -0.1) is 0 Å². The summed E-state index contributed by atoms with van der Waals surface area (Å²) in [6, 6.07) is 3.61. The van der Waals surface area contributed by atoms with Crippen LogP contribution in [0.2, 0.25) is 5.02 Å². The molecule has 2 aromatic heterocycles. The van der Waals surface area contributed by atoms with Crippen molar-refractivity contribution in [1.29, 1.82) is 0 Å². The number of H-pyrrole nitrogens is 1. The molecule has 0 atom stereocenters. The Morgan fingerprint density at radius 3 is 2.58 bits per heavy atom. The molecule has 1 aliphatic heterocycles. The number of hydrogen-bond donors (Lipinski definition) is 1. The van der Waals surface area contributed by atoms with E-state index in [9.17, 15) is 4.79 Å². The molecule has 5 nitrogen and oxygen atoms in total. The van der Waals surface area contributed by atoms with Crippen LogP contribution in [0, 0.1) is 0 Å². The highest BCUT2D eigenvalue weighted by atomic mass is 35.5. The Bertz CT molecular complexity index is 635. The third-order valence-corrected chi connectivity index (χ3v) is 3.55. The zero-order valence-corrected chi connectivity index (χ0v) is 11.0.